The van der Waals surface area contributed by atoms with Gasteiger partial charge in [0.15, 0.2) is 0 Å². The van der Waals surface area contributed by atoms with Gasteiger partial charge in [-0.15, -0.1) is 0 Å². The summed E-state index contributed by atoms with van der Waals surface area (Å²) in [7, 11) is 1.95. The summed E-state index contributed by atoms with van der Waals surface area (Å²) in [6, 6.07) is 10.3. The van der Waals surface area contributed by atoms with Crippen molar-refractivity contribution < 1.29 is 1.43 Å². The third kappa shape index (κ3) is 5.93. The standard InChI is InChI=1S/C8H11N.C3H8.H2/c1-9-7-8-5-3-2-4-6-8;1-3-2;/h2-6,9H,7H2,1H3;3H2,1-2H3;1H. The van der Waals surface area contributed by atoms with Crippen molar-refractivity contribution in [2.24, 2.45) is 0 Å². The van der Waals surface area contributed by atoms with Crippen LogP contribution < -0.4 is 5.32 Å². The van der Waals surface area contributed by atoms with Crippen molar-refractivity contribution in [3.63, 3.8) is 0 Å². The Morgan fingerprint density at radius 1 is 1.17 bits per heavy atom. The second-order valence-corrected chi connectivity index (χ2v) is 2.72. The topological polar surface area (TPSA) is 12.0 Å². The smallest absolute Gasteiger partial charge is 0.0202 e. The zero-order chi connectivity index (χ0) is 9.23. The van der Waals surface area contributed by atoms with Crippen LogP contribution in [0.2, 0.25) is 0 Å². The zero-order valence-electron chi connectivity index (χ0n) is 8.30. The van der Waals surface area contributed by atoms with E-state index in [1.165, 1.54) is 12.0 Å². The molecule has 1 nitrogen and oxygen atoms in total. The second kappa shape index (κ2) is 8.28. The van der Waals surface area contributed by atoms with Crippen molar-refractivity contribution in [2.75, 3.05) is 7.05 Å². The SMILES string of the molecule is CCC.CNCc1ccccc1.[HH]. The van der Waals surface area contributed by atoms with E-state index in [-0.39, 0.29) is 1.43 Å². The maximum absolute atomic E-state index is 3.08. The minimum atomic E-state index is 0. The first-order chi connectivity index (χ1) is 5.85. The maximum Gasteiger partial charge on any atom is 0.0202 e. The fraction of sp³-hybridized carbons (Fsp3) is 0.455. The van der Waals surface area contributed by atoms with Crippen LogP contribution in [0.15, 0.2) is 30.3 Å². The molecule has 1 N–H and O–H groups in total. The molecule has 0 fully saturated rings. The molecule has 70 valence electrons. The van der Waals surface area contributed by atoms with Gasteiger partial charge in [0.1, 0.15) is 0 Å². The summed E-state index contributed by atoms with van der Waals surface area (Å²) in [6.45, 7) is 5.21. The molecule has 1 aromatic carbocycles. The number of hydrogen-bond donors (Lipinski definition) is 1. The average Bonchev–Trinajstić information content (AvgIpc) is 2.08. The quantitative estimate of drug-likeness (QED) is 0.713. The highest BCUT2D eigenvalue weighted by molar-refractivity contribution is 5.13. The van der Waals surface area contributed by atoms with E-state index < -0.39 is 0 Å². The summed E-state index contributed by atoms with van der Waals surface area (Å²) in [5.74, 6) is 0. The first-order valence-electron chi connectivity index (χ1n) is 4.53. The molecule has 0 bridgehead atoms. The van der Waals surface area contributed by atoms with Crippen LogP contribution in [0.4, 0.5) is 0 Å². The van der Waals surface area contributed by atoms with Crippen LogP contribution in [0.25, 0.3) is 0 Å². The Hall–Kier alpha value is -0.820. The fourth-order valence-electron chi connectivity index (χ4n) is 0.800. The fourth-order valence-corrected chi connectivity index (χ4v) is 0.800. The summed E-state index contributed by atoms with van der Waals surface area (Å²) in [6.07, 6.45) is 1.25. The highest BCUT2D eigenvalue weighted by atomic mass is 14.8. The maximum atomic E-state index is 3.08. The molecule has 0 radical (unpaired) electrons. The Morgan fingerprint density at radius 2 is 1.67 bits per heavy atom. The Labute approximate surface area is 77.3 Å². The van der Waals surface area contributed by atoms with Crippen molar-refractivity contribution in [1.82, 2.24) is 5.32 Å². The molecule has 0 amide bonds. The van der Waals surface area contributed by atoms with E-state index in [0.29, 0.717) is 0 Å². The highest BCUT2D eigenvalue weighted by Gasteiger charge is 1.83. The lowest BCUT2D eigenvalue weighted by molar-refractivity contribution is 0.818. The molecule has 0 spiro atoms. The molecule has 0 saturated heterocycles. The highest BCUT2D eigenvalue weighted by Crippen LogP contribution is 1.95. The Balaban J connectivity index is 0. The van der Waals surface area contributed by atoms with Gasteiger partial charge < -0.3 is 5.32 Å². The van der Waals surface area contributed by atoms with E-state index in [0.717, 1.165) is 6.54 Å². The molecule has 1 rings (SSSR count). The minimum absolute atomic E-state index is 0. The molecule has 0 aliphatic carbocycles. The third-order valence-corrected chi connectivity index (χ3v) is 1.22. The lowest BCUT2D eigenvalue weighted by Gasteiger charge is -1.95. The predicted octanol–water partition coefficient (Wildman–Crippen LogP) is 3.07. The number of rotatable bonds is 2. The molecule has 12 heavy (non-hydrogen) atoms. The molecule has 1 aromatic rings. The van der Waals surface area contributed by atoms with E-state index in [2.05, 4.69) is 31.3 Å². The van der Waals surface area contributed by atoms with Gasteiger partial charge in [0.2, 0.25) is 0 Å². The van der Waals surface area contributed by atoms with E-state index in [1.807, 2.05) is 25.2 Å². The molecule has 0 saturated carbocycles. The van der Waals surface area contributed by atoms with Crippen LogP contribution in [-0.2, 0) is 6.54 Å². The van der Waals surface area contributed by atoms with Crippen molar-refractivity contribution in [1.29, 1.82) is 0 Å². The van der Waals surface area contributed by atoms with Crippen LogP contribution in [0.1, 0.15) is 27.3 Å². The molecule has 0 aliphatic rings. The summed E-state index contributed by atoms with van der Waals surface area (Å²) >= 11 is 0. The van der Waals surface area contributed by atoms with Crippen molar-refractivity contribution >= 4 is 0 Å². The molecular formula is C11H21N. The zero-order valence-corrected chi connectivity index (χ0v) is 8.30. The van der Waals surface area contributed by atoms with Gasteiger partial charge in [-0.3, -0.25) is 0 Å². The van der Waals surface area contributed by atoms with Crippen molar-refractivity contribution in [2.45, 2.75) is 26.8 Å². The molecule has 0 aromatic heterocycles. The van der Waals surface area contributed by atoms with Gasteiger partial charge in [-0.25, -0.2) is 0 Å². The van der Waals surface area contributed by atoms with Crippen LogP contribution in [0, 0.1) is 0 Å². The predicted molar refractivity (Wildman–Crippen MR) is 57.3 cm³/mol. The number of nitrogens with one attached hydrogen (secondary N) is 1. The van der Waals surface area contributed by atoms with E-state index in [1.54, 1.807) is 0 Å². The molecular weight excluding hydrogens is 146 g/mol. The van der Waals surface area contributed by atoms with Crippen molar-refractivity contribution in [3.8, 4) is 0 Å². The van der Waals surface area contributed by atoms with Crippen LogP contribution in [0.3, 0.4) is 0 Å². The molecule has 0 unspecified atom stereocenters. The molecule has 0 aliphatic heterocycles. The summed E-state index contributed by atoms with van der Waals surface area (Å²) < 4.78 is 0. The third-order valence-electron chi connectivity index (χ3n) is 1.22. The number of hydrogen-bond acceptors (Lipinski definition) is 1. The first-order valence-corrected chi connectivity index (χ1v) is 4.53. The summed E-state index contributed by atoms with van der Waals surface area (Å²) in [5, 5.41) is 3.08. The van der Waals surface area contributed by atoms with Crippen LogP contribution in [-0.4, -0.2) is 7.05 Å². The molecule has 0 heterocycles. The Morgan fingerprint density at radius 3 is 2.08 bits per heavy atom. The van der Waals surface area contributed by atoms with Gasteiger partial charge in [0.05, 0.1) is 0 Å². The lowest BCUT2D eigenvalue weighted by Crippen LogP contribution is -2.04. The Bertz CT molecular complexity index is 175. The summed E-state index contributed by atoms with van der Waals surface area (Å²) in [4.78, 5) is 0. The Kier molecular flexibility index (Phi) is 7.71. The summed E-state index contributed by atoms with van der Waals surface area (Å²) in [5.41, 5.74) is 1.33. The van der Waals surface area contributed by atoms with E-state index >= 15 is 0 Å². The molecule has 0 atom stereocenters. The van der Waals surface area contributed by atoms with Crippen molar-refractivity contribution in [3.05, 3.63) is 35.9 Å². The lowest BCUT2D eigenvalue weighted by atomic mass is 10.2. The molecule has 1 heteroatoms. The minimum Gasteiger partial charge on any atom is -0.316 e. The average molecular weight is 167 g/mol. The van der Waals surface area contributed by atoms with Gasteiger partial charge in [-0.05, 0) is 12.6 Å². The number of benzene rings is 1. The van der Waals surface area contributed by atoms with Gasteiger partial charge in [0.25, 0.3) is 0 Å². The van der Waals surface area contributed by atoms with Gasteiger partial charge in [-0.1, -0.05) is 50.6 Å². The van der Waals surface area contributed by atoms with Crippen LogP contribution in [0.5, 0.6) is 0 Å². The van der Waals surface area contributed by atoms with Gasteiger partial charge in [-0.2, -0.15) is 0 Å². The largest absolute Gasteiger partial charge is 0.316 e. The van der Waals surface area contributed by atoms with E-state index in [9.17, 15) is 0 Å². The normalized spacial score (nSPS) is 8.58. The van der Waals surface area contributed by atoms with E-state index in [4.69, 9.17) is 0 Å². The first kappa shape index (κ1) is 11.2. The van der Waals surface area contributed by atoms with Gasteiger partial charge >= 0.3 is 0 Å². The second-order valence-electron chi connectivity index (χ2n) is 2.72. The monoisotopic (exact) mass is 167 g/mol. The van der Waals surface area contributed by atoms with Gasteiger partial charge in [0, 0.05) is 7.97 Å². The van der Waals surface area contributed by atoms with Crippen LogP contribution >= 0.6 is 0 Å².